The van der Waals surface area contributed by atoms with Gasteiger partial charge in [0.15, 0.2) is 0 Å². The van der Waals surface area contributed by atoms with E-state index in [-0.39, 0.29) is 11.9 Å². The number of aromatic nitrogens is 2. The maximum Gasteiger partial charge on any atom is 0.237 e. The summed E-state index contributed by atoms with van der Waals surface area (Å²) in [4.78, 5) is 12.2. The Labute approximate surface area is 113 Å². The molecule has 5 nitrogen and oxygen atoms in total. The number of nitrogens with zero attached hydrogens (tertiary/aromatic N) is 2. The quantitative estimate of drug-likeness (QED) is 0.853. The predicted octanol–water partition coefficient (Wildman–Crippen LogP) is 0.957. The van der Waals surface area contributed by atoms with Gasteiger partial charge in [0, 0.05) is 31.4 Å². The molecule has 1 aromatic rings. The first kappa shape index (κ1) is 12.7. The highest BCUT2D eigenvalue weighted by Crippen LogP contribution is 2.33. The molecule has 2 heterocycles. The Morgan fingerprint density at radius 3 is 3.11 bits per heavy atom. The molecule has 5 heteroatoms. The van der Waals surface area contributed by atoms with Gasteiger partial charge in [-0.1, -0.05) is 12.8 Å². The Kier molecular flexibility index (Phi) is 3.55. The van der Waals surface area contributed by atoms with Crippen LogP contribution in [0, 0.1) is 5.92 Å². The average Bonchev–Trinajstić information content (AvgIpc) is 3.01. The Bertz CT molecular complexity index is 442. The molecule has 3 rings (SSSR count). The monoisotopic (exact) mass is 262 g/mol. The van der Waals surface area contributed by atoms with Crippen LogP contribution in [0.3, 0.4) is 0 Å². The van der Waals surface area contributed by atoms with Crippen molar-refractivity contribution in [1.82, 2.24) is 20.4 Å². The van der Waals surface area contributed by atoms with Crippen LogP contribution in [0.4, 0.5) is 0 Å². The predicted molar refractivity (Wildman–Crippen MR) is 72.3 cm³/mol. The van der Waals surface area contributed by atoms with Crippen LogP contribution in [0.15, 0.2) is 12.4 Å². The van der Waals surface area contributed by atoms with Crippen LogP contribution in [-0.2, 0) is 18.4 Å². The molecule has 2 fully saturated rings. The molecule has 104 valence electrons. The Hall–Kier alpha value is -1.36. The van der Waals surface area contributed by atoms with Crippen LogP contribution in [0.25, 0.3) is 0 Å². The van der Waals surface area contributed by atoms with Crippen LogP contribution >= 0.6 is 0 Å². The first-order valence-electron chi connectivity index (χ1n) is 7.23. The van der Waals surface area contributed by atoms with Crippen molar-refractivity contribution >= 4 is 5.91 Å². The van der Waals surface area contributed by atoms with Gasteiger partial charge in [-0.3, -0.25) is 9.48 Å². The van der Waals surface area contributed by atoms with Gasteiger partial charge < -0.3 is 10.6 Å². The van der Waals surface area contributed by atoms with E-state index in [1.54, 1.807) is 10.9 Å². The molecule has 0 bridgehead atoms. The maximum atomic E-state index is 12.2. The molecule has 0 radical (unpaired) electrons. The zero-order valence-electron chi connectivity index (χ0n) is 11.4. The highest BCUT2D eigenvalue weighted by atomic mass is 16.2. The fraction of sp³-hybridized carbons (Fsp3) is 0.714. The molecule has 3 atom stereocenters. The SMILES string of the molecule is Cn1cc(CNC(=O)C2CC3CCCCC3N2)cn1. The number of carbonyl (C=O) groups is 1. The highest BCUT2D eigenvalue weighted by molar-refractivity contribution is 5.82. The van der Waals surface area contributed by atoms with E-state index in [0.717, 1.165) is 12.0 Å². The van der Waals surface area contributed by atoms with Gasteiger partial charge in [0.1, 0.15) is 0 Å². The van der Waals surface area contributed by atoms with Gasteiger partial charge in [0.25, 0.3) is 0 Å². The topological polar surface area (TPSA) is 59.0 Å². The van der Waals surface area contributed by atoms with E-state index in [0.29, 0.717) is 18.5 Å². The van der Waals surface area contributed by atoms with E-state index in [1.807, 2.05) is 13.2 Å². The lowest BCUT2D eigenvalue weighted by Crippen LogP contribution is -2.42. The first-order valence-corrected chi connectivity index (χ1v) is 7.23. The van der Waals surface area contributed by atoms with Crippen molar-refractivity contribution in [2.45, 2.75) is 50.7 Å². The van der Waals surface area contributed by atoms with E-state index >= 15 is 0 Å². The Balaban J connectivity index is 1.51. The zero-order chi connectivity index (χ0) is 13.2. The molecule has 19 heavy (non-hydrogen) atoms. The van der Waals surface area contributed by atoms with Crippen molar-refractivity contribution in [3.8, 4) is 0 Å². The second kappa shape index (κ2) is 5.33. The minimum absolute atomic E-state index is 0.00442. The fourth-order valence-electron chi connectivity index (χ4n) is 3.40. The number of nitrogens with one attached hydrogen (secondary N) is 2. The van der Waals surface area contributed by atoms with Crippen molar-refractivity contribution in [2.24, 2.45) is 13.0 Å². The minimum atomic E-state index is 0.00442. The van der Waals surface area contributed by atoms with E-state index in [9.17, 15) is 4.79 Å². The summed E-state index contributed by atoms with van der Waals surface area (Å²) in [5.41, 5.74) is 1.05. The number of hydrogen-bond acceptors (Lipinski definition) is 3. The van der Waals surface area contributed by atoms with Crippen molar-refractivity contribution in [3.63, 3.8) is 0 Å². The van der Waals surface area contributed by atoms with Crippen molar-refractivity contribution in [2.75, 3.05) is 0 Å². The van der Waals surface area contributed by atoms with E-state index in [2.05, 4.69) is 15.7 Å². The van der Waals surface area contributed by atoms with Crippen LogP contribution in [0.2, 0.25) is 0 Å². The van der Waals surface area contributed by atoms with E-state index in [1.165, 1.54) is 25.7 Å². The molecule has 3 unspecified atom stereocenters. The van der Waals surface area contributed by atoms with Gasteiger partial charge in [0.05, 0.1) is 12.2 Å². The van der Waals surface area contributed by atoms with Gasteiger partial charge >= 0.3 is 0 Å². The van der Waals surface area contributed by atoms with Gasteiger partial charge in [-0.25, -0.2) is 0 Å². The van der Waals surface area contributed by atoms with Gasteiger partial charge in [0.2, 0.25) is 5.91 Å². The molecule has 0 spiro atoms. The molecular weight excluding hydrogens is 240 g/mol. The second-order valence-corrected chi connectivity index (χ2v) is 5.85. The molecule has 2 aliphatic rings. The summed E-state index contributed by atoms with van der Waals surface area (Å²) in [5, 5.41) is 10.6. The van der Waals surface area contributed by atoms with E-state index in [4.69, 9.17) is 0 Å². The molecule has 1 amide bonds. The number of aryl methyl sites for hydroxylation is 1. The summed E-state index contributed by atoms with van der Waals surface area (Å²) < 4.78 is 1.75. The van der Waals surface area contributed by atoms with Crippen molar-refractivity contribution in [3.05, 3.63) is 18.0 Å². The smallest absolute Gasteiger partial charge is 0.237 e. The molecule has 1 aliphatic heterocycles. The van der Waals surface area contributed by atoms with Crippen molar-refractivity contribution in [1.29, 1.82) is 0 Å². The Morgan fingerprint density at radius 2 is 2.37 bits per heavy atom. The molecule has 1 aromatic heterocycles. The van der Waals surface area contributed by atoms with Crippen LogP contribution < -0.4 is 10.6 Å². The van der Waals surface area contributed by atoms with Gasteiger partial charge in [-0.05, 0) is 25.2 Å². The third-order valence-corrected chi connectivity index (χ3v) is 4.40. The minimum Gasteiger partial charge on any atom is -0.351 e. The summed E-state index contributed by atoms with van der Waals surface area (Å²) in [6.45, 7) is 0.570. The number of amides is 1. The van der Waals surface area contributed by atoms with Gasteiger partial charge in [-0.2, -0.15) is 5.10 Å². The fourth-order valence-corrected chi connectivity index (χ4v) is 3.40. The second-order valence-electron chi connectivity index (χ2n) is 5.85. The summed E-state index contributed by atoms with van der Waals surface area (Å²) in [6, 6.07) is 0.577. The molecule has 2 N–H and O–H groups in total. The first-order chi connectivity index (χ1) is 9.22. The number of fused-ring (bicyclic) bond motifs is 1. The van der Waals surface area contributed by atoms with Crippen LogP contribution in [0.5, 0.6) is 0 Å². The number of rotatable bonds is 3. The lowest BCUT2D eigenvalue weighted by Gasteiger charge is -2.24. The third kappa shape index (κ3) is 2.81. The van der Waals surface area contributed by atoms with E-state index < -0.39 is 0 Å². The lowest BCUT2D eigenvalue weighted by atomic mass is 9.85. The Morgan fingerprint density at radius 1 is 1.53 bits per heavy atom. The number of hydrogen-bond donors (Lipinski definition) is 2. The number of carbonyl (C=O) groups excluding carboxylic acids is 1. The third-order valence-electron chi connectivity index (χ3n) is 4.40. The highest BCUT2D eigenvalue weighted by Gasteiger charge is 2.37. The zero-order valence-corrected chi connectivity index (χ0v) is 11.4. The van der Waals surface area contributed by atoms with Gasteiger partial charge in [-0.15, -0.1) is 0 Å². The largest absolute Gasteiger partial charge is 0.351 e. The summed E-state index contributed by atoms with van der Waals surface area (Å²) in [7, 11) is 1.88. The molecule has 1 saturated carbocycles. The normalized spacial score (nSPS) is 30.1. The summed E-state index contributed by atoms with van der Waals surface area (Å²) in [6.07, 6.45) is 9.87. The summed E-state index contributed by atoms with van der Waals surface area (Å²) in [5.74, 6) is 0.848. The van der Waals surface area contributed by atoms with Crippen LogP contribution in [0.1, 0.15) is 37.7 Å². The summed E-state index contributed by atoms with van der Waals surface area (Å²) >= 11 is 0. The molecule has 1 aliphatic carbocycles. The molecule has 1 saturated heterocycles. The molecule has 0 aromatic carbocycles. The maximum absolute atomic E-state index is 12.2. The molecular formula is C14H22N4O. The standard InChI is InChI=1S/C14H22N4O/c1-18-9-10(8-16-18)7-15-14(19)13-6-11-4-2-3-5-12(11)17-13/h8-9,11-13,17H,2-7H2,1H3,(H,15,19). The lowest BCUT2D eigenvalue weighted by molar-refractivity contribution is -0.123. The average molecular weight is 262 g/mol. The van der Waals surface area contributed by atoms with Crippen LogP contribution in [-0.4, -0.2) is 27.8 Å². The van der Waals surface area contributed by atoms with Crippen molar-refractivity contribution < 1.29 is 4.79 Å².